The largest absolute Gasteiger partial charge is 0.368 e. The summed E-state index contributed by atoms with van der Waals surface area (Å²) in [7, 11) is 0. The van der Waals surface area contributed by atoms with Crippen LogP contribution in [0, 0.1) is 0 Å². The first-order valence-corrected chi connectivity index (χ1v) is 5.80. The molecule has 0 aliphatic heterocycles. The topological polar surface area (TPSA) is 72.2 Å². The number of nitrogens with one attached hydrogen (secondary N) is 1. The van der Waals surface area contributed by atoms with Gasteiger partial charge in [-0.3, -0.25) is 9.59 Å². The van der Waals surface area contributed by atoms with Crippen molar-refractivity contribution in [3.05, 3.63) is 47.0 Å². The number of primary amides is 1. The summed E-state index contributed by atoms with van der Waals surface area (Å²) >= 11 is 3.27. The van der Waals surface area contributed by atoms with Crippen molar-refractivity contribution in [2.75, 3.05) is 0 Å². The van der Waals surface area contributed by atoms with Gasteiger partial charge in [0.2, 0.25) is 5.91 Å². The van der Waals surface area contributed by atoms with Crippen molar-refractivity contribution >= 4 is 27.7 Å². The van der Waals surface area contributed by atoms with Crippen molar-refractivity contribution < 1.29 is 9.59 Å². The summed E-state index contributed by atoms with van der Waals surface area (Å²) < 4.78 is 0.796. The van der Waals surface area contributed by atoms with Crippen LogP contribution in [0.3, 0.4) is 0 Å². The third-order valence-corrected chi connectivity index (χ3v) is 2.63. The quantitative estimate of drug-likeness (QED) is 0.810. The Hall–Kier alpha value is -1.62. The molecule has 1 atom stereocenters. The maximum absolute atomic E-state index is 11.8. The summed E-state index contributed by atoms with van der Waals surface area (Å²) in [5, 5.41) is 2.56. The monoisotopic (exact) mass is 296 g/mol. The van der Waals surface area contributed by atoms with Crippen molar-refractivity contribution in [3.63, 3.8) is 0 Å². The van der Waals surface area contributed by atoms with Crippen molar-refractivity contribution in [2.24, 2.45) is 5.73 Å². The van der Waals surface area contributed by atoms with Crippen molar-refractivity contribution in [2.45, 2.75) is 12.5 Å². The molecule has 1 aromatic carbocycles. The Morgan fingerprint density at radius 2 is 2.24 bits per heavy atom. The first-order chi connectivity index (χ1) is 8.04. The van der Waals surface area contributed by atoms with E-state index in [1.165, 1.54) is 6.08 Å². The van der Waals surface area contributed by atoms with Crippen LogP contribution in [0.5, 0.6) is 0 Å². The van der Waals surface area contributed by atoms with Gasteiger partial charge < -0.3 is 11.1 Å². The number of halogens is 1. The van der Waals surface area contributed by atoms with Crippen molar-refractivity contribution in [1.82, 2.24) is 5.32 Å². The molecule has 5 heteroatoms. The zero-order valence-electron chi connectivity index (χ0n) is 9.15. The van der Waals surface area contributed by atoms with Crippen LogP contribution in [0.1, 0.15) is 16.8 Å². The lowest BCUT2D eigenvalue weighted by Crippen LogP contribution is -2.44. The Morgan fingerprint density at radius 1 is 1.53 bits per heavy atom. The van der Waals surface area contributed by atoms with E-state index in [0.29, 0.717) is 12.0 Å². The zero-order valence-corrected chi connectivity index (χ0v) is 10.7. The molecule has 4 nitrogen and oxygen atoms in total. The number of hydrogen-bond acceptors (Lipinski definition) is 2. The molecule has 0 heterocycles. The van der Waals surface area contributed by atoms with Crippen LogP contribution < -0.4 is 11.1 Å². The zero-order chi connectivity index (χ0) is 12.8. The van der Waals surface area contributed by atoms with Crippen LogP contribution in [-0.2, 0) is 4.79 Å². The third-order valence-electron chi connectivity index (χ3n) is 2.14. The molecule has 3 N–H and O–H groups in total. The summed E-state index contributed by atoms with van der Waals surface area (Å²) in [6, 6.07) is 6.16. The molecule has 0 spiro atoms. The Bertz CT molecular complexity index is 446. The minimum atomic E-state index is -0.723. The molecule has 90 valence electrons. The number of hydrogen-bond donors (Lipinski definition) is 2. The van der Waals surface area contributed by atoms with Gasteiger partial charge in [0.1, 0.15) is 6.04 Å². The fourth-order valence-electron chi connectivity index (χ4n) is 1.28. The van der Waals surface area contributed by atoms with E-state index < -0.39 is 11.9 Å². The standard InChI is InChI=1S/C12H13BrN2O2/c1-2-4-10(11(14)16)15-12(17)8-5-3-6-9(13)7-8/h2-3,5-7,10H,1,4H2,(H2,14,16)(H,15,17)/t10-/m1/s1. The highest BCUT2D eigenvalue weighted by molar-refractivity contribution is 9.10. The Kier molecular flexibility index (Phi) is 4.90. The molecule has 0 fully saturated rings. The fraction of sp³-hybridized carbons (Fsp3) is 0.167. The Morgan fingerprint density at radius 3 is 2.76 bits per heavy atom. The van der Waals surface area contributed by atoms with Gasteiger partial charge in [-0.1, -0.05) is 28.1 Å². The molecule has 0 aliphatic rings. The van der Waals surface area contributed by atoms with E-state index in [9.17, 15) is 9.59 Å². The number of carbonyl (C=O) groups excluding carboxylic acids is 2. The predicted octanol–water partition coefficient (Wildman–Crippen LogP) is 1.61. The second kappa shape index (κ2) is 6.20. The highest BCUT2D eigenvalue weighted by atomic mass is 79.9. The molecule has 2 amide bonds. The minimum absolute atomic E-state index is 0.315. The SMILES string of the molecule is C=CC[C@@H](NC(=O)c1cccc(Br)c1)C(N)=O. The molecule has 0 radical (unpaired) electrons. The molecular formula is C12H13BrN2O2. The van der Waals surface area contributed by atoms with Crippen LogP contribution in [0.15, 0.2) is 41.4 Å². The van der Waals surface area contributed by atoms with Crippen LogP contribution in [0.2, 0.25) is 0 Å². The van der Waals surface area contributed by atoms with Gasteiger partial charge in [-0.2, -0.15) is 0 Å². The number of carbonyl (C=O) groups is 2. The van der Waals surface area contributed by atoms with Crippen molar-refractivity contribution in [3.8, 4) is 0 Å². The summed E-state index contributed by atoms with van der Waals surface area (Å²) in [5.74, 6) is -0.912. The molecule has 1 rings (SSSR count). The number of amides is 2. The smallest absolute Gasteiger partial charge is 0.251 e. The Labute approximate surface area is 108 Å². The van der Waals surface area contributed by atoms with E-state index in [2.05, 4.69) is 27.8 Å². The van der Waals surface area contributed by atoms with Gasteiger partial charge in [0.05, 0.1) is 0 Å². The van der Waals surface area contributed by atoms with E-state index in [0.717, 1.165) is 4.47 Å². The molecule has 0 saturated heterocycles. The van der Waals surface area contributed by atoms with Gasteiger partial charge in [-0.05, 0) is 24.6 Å². The first-order valence-electron chi connectivity index (χ1n) is 5.01. The number of nitrogens with two attached hydrogens (primary N) is 1. The summed E-state index contributed by atoms with van der Waals surface area (Å²) in [6.07, 6.45) is 1.85. The summed E-state index contributed by atoms with van der Waals surface area (Å²) in [4.78, 5) is 22.9. The maximum Gasteiger partial charge on any atom is 0.251 e. The second-order valence-electron chi connectivity index (χ2n) is 3.46. The highest BCUT2D eigenvalue weighted by Crippen LogP contribution is 2.11. The van der Waals surface area contributed by atoms with Crippen LogP contribution in [0.25, 0.3) is 0 Å². The number of benzene rings is 1. The third kappa shape index (κ3) is 4.03. The van der Waals surface area contributed by atoms with E-state index in [-0.39, 0.29) is 5.91 Å². The molecule has 0 aliphatic carbocycles. The molecule has 0 bridgehead atoms. The van der Waals surface area contributed by atoms with E-state index in [4.69, 9.17) is 5.73 Å². The van der Waals surface area contributed by atoms with Gasteiger partial charge in [-0.25, -0.2) is 0 Å². The lowest BCUT2D eigenvalue weighted by molar-refractivity contribution is -0.119. The average molecular weight is 297 g/mol. The first kappa shape index (κ1) is 13.4. The fourth-order valence-corrected chi connectivity index (χ4v) is 1.68. The summed E-state index contributed by atoms with van der Waals surface area (Å²) in [5.41, 5.74) is 5.64. The number of rotatable bonds is 5. The van der Waals surface area contributed by atoms with Crippen molar-refractivity contribution in [1.29, 1.82) is 0 Å². The predicted molar refractivity (Wildman–Crippen MR) is 69.4 cm³/mol. The van der Waals surface area contributed by atoms with Crippen LogP contribution >= 0.6 is 15.9 Å². The molecular weight excluding hydrogens is 284 g/mol. The highest BCUT2D eigenvalue weighted by Gasteiger charge is 2.17. The lowest BCUT2D eigenvalue weighted by atomic mass is 10.1. The molecule has 17 heavy (non-hydrogen) atoms. The van der Waals surface area contributed by atoms with Gasteiger partial charge in [0.15, 0.2) is 0 Å². The van der Waals surface area contributed by atoms with E-state index >= 15 is 0 Å². The second-order valence-corrected chi connectivity index (χ2v) is 4.38. The molecule has 0 unspecified atom stereocenters. The molecule has 1 aromatic rings. The average Bonchev–Trinajstić information content (AvgIpc) is 2.28. The van der Waals surface area contributed by atoms with E-state index in [1.54, 1.807) is 18.2 Å². The maximum atomic E-state index is 11.8. The van der Waals surface area contributed by atoms with Gasteiger partial charge in [0, 0.05) is 10.0 Å². The minimum Gasteiger partial charge on any atom is -0.368 e. The molecule has 0 saturated carbocycles. The van der Waals surface area contributed by atoms with E-state index in [1.807, 2.05) is 6.07 Å². The van der Waals surface area contributed by atoms with Gasteiger partial charge in [-0.15, -0.1) is 6.58 Å². The van der Waals surface area contributed by atoms with Crippen LogP contribution in [0.4, 0.5) is 0 Å². The Balaban J connectivity index is 2.77. The lowest BCUT2D eigenvalue weighted by Gasteiger charge is -2.13. The molecule has 0 aromatic heterocycles. The summed E-state index contributed by atoms with van der Waals surface area (Å²) in [6.45, 7) is 3.51. The normalized spacial score (nSPS) is 11.6. The van der Waals surface area contributed by atoms with Crippen LogP contribution in [-0.4, -0.2) is 17.9 Å². The van der Waals surface area contributed by atoms with Gasteiger partial charge >= 0.3 is 0 Å². The van der Waals surface area contributed by atoms with Gasteiger partial charge in [0.25, 0.3) is 5.91 Å².